The summed E-state index contributed by atoms with van der Waals surface area (Å²) in [6, 6.07) is 14.5. The number of hydrogen-bond acceptors (Lipinski definition) is 3. The molecule has 0 aliphatic carbocycles. The molecule has 1 aromatic heterocycles. The molecule has 9 heteroatoms. The molecule has 1 N–H and O–H groups in total. The fraction of sp³-hybridized carbons (Fsp3) is 0.292. The van der Waals surface area contributed by atoms with E-state index in [9.17, 15) is 22.8 Å². The van der Waals surface area contributed by atoms with Gasteiger partial charge in [-0.25, -0.2) is 0 Å². The summed E-state index contributed by atoms with van der Waals surface area (Å²) in [7, 11) is 0. The van der Waals surface area contributed by atoms with E-state index in [1.807, 2.05) is 36.5 Å². The molecule has 0 spiro atoms. The number of aromatic nitrogens is 2. The predicted octanol–water partition coefficient (Wildman–Crippen LogP) is 3.62. The van der Waals surface area contributed by atoms with Crippen molar-refractivity contribution in [1.29, 1.82) is 0 Å². The van der Waals surface area contributed by atoms with Crippen molar-refractivity contribution >= 4 is 11.8 Å². The van der Waals surface area contributed by atoms with Crippen molar-refractivity contribution < 1.29 is 22.8 Å². The average molecular weight is 456 g/mol. The number of carbonyl (C=O) groups is 2. The molecule has 33 heavy (non-hydrogen) atoms. The standard InChI is InChI=1S/C24H23F3N4O2/c25-24(26,27)21-8-3-5-17(11-21)14-30-15-20(12-22(30)32)23(33)28-13-18-6-1-2-7-19(18)16-31-10-4-9-29-31/h1-11,20H,12-16H2,(H,28,33). The molecular weight excluding hydrogens is 433 g/mol. The number of amides is 2. The molecule has 1 unspecified atom stereocenters. The van der Waals surface area contributed by atoms with Gasteiger partial charge in [-0.3, -0.25) is 14.3 Å². The molecule has 1 fully saturated rings. The van der Waals surface area contributed by atoms with Crippen molar-refractivity contribution in [2.45, 2.75) is 32.2 Å². The van der Waals surface area contributed by atoms with E-state index in [1.165, 1.54) is 11.0 Å². The summed E-state index contributed by atoms with van der Waals surface area (Å²) >= 11 is 0. The number of nitrogens with one attached hydrogen (secondary N) is 1. The first-order chi connectivity index (χ1) is 15.8. The summed E-state index contributed by atoms with van der Waals surface area (Å²) in [6.45, 7) is 1.11. The van der Waals surface area contributed by atoms with Crippen molar-refractivity contribution in [2.24, 2.45) is 5.92 Å². The zero-order valence-electron chi connectivity index (χ0n) is 17.8. The van der Waals surface area contributed by atoms with E-state index in [1.54, 1.807) is 16.9 Å². The van der Waals surface area contributed by atoms with Crippen LogP contribution in [0.4, 0.5) is 13.2 Å². The molecule has 6 nitrogen and oxygen atoms in total. The maximum atomic E-state index is 12.9. The number of carbonyl (C=O) groups excluding carboxylic acids is 2. The first-order valence-corrected chi connectivity index (χ1v) is 10.6. The second-order valence-corrected chi connectivity index (χ2v) is 8.06. The molecule has 172 valence electrons. The van der Waals surface area contributed by atoms with Gasteiger partial charge in [0.25, 0.3) is 0 Å². The molecule has 0 radical (unpaired) electrons. The Morgan fingerprint density at radius 2 is 1.85 bits per heavy atom. The SMILES string of the molecule is O=C(NCc1ccccc1Cn1cccn1)C1CC(=O)N(Cc2cccc(C(F)(F)F)c2)C1. The quantitative estimate of drug-likeness (QED) is 0.591. The van der Waals surface area contributed by atoms with Gasteiger partial charge in [0.05, 0.1) is 18.0 Å². The van der Waals surface area contributed by atoms with E-state index in [-0.39, 0.29) is 31.3 Å². The zero-order valence-corrected chi connectivity index (χ0v) is 17.8. The zero-order chi connectivity index (χ0) is 23.4. The Balaban J connectivity index is 1.35. The third-order valence-electron chi connectivity index (χ3n) is 5.68. The van der Waals surface area contributed by atoms with Gasteiger partial charge in [0.15, 0.2) is 0 Å². The normalized spacial score (nSPS) is 16.3. The molecule has 1 aliphatic rings. The minimum Gasteiger partial charge on any atom is -0.352 e. The highest BCUT2D eigenvalue weighted by Crippen LogP contribution is 2.30. The summed E-state index contributed by atoms with van der Waals surface area (Å²) in [5.41, 5.74) is 1.60. The minimum atomic E-state index is -4.44. The maximum Gasteiger partial charge on any atom is 0.416 e. The Labute approximate surface area is 189 Å². The number of nitrogens with zero attached hydrogens (tertiary/aromatic N) is 3. The Kier molecular flexibility index (Phi) is 6.48. The van der Waals surface area contributed by atoms with Crippen LogP contribution in [-0.2, 0) is 35.4 Å². The van der Waals surface area contributed by atoms with Gasteiger partial charge in [-0.05, 0) is 34.9 Å². The monoisotopic (exact) mass is 456 g/mol. The molecule has 2 amide bonds. The molecule has 2 heterocycles. The first kappa shape index (κ1) is 22.6. The largest absolute Gasteiger partial charge is 0.416 e. The van der Waals surface area contributed by atoms with E-state index >= 15 is 0 Å². The molecule has 0 bridgehead atoms. The molecular formula is C24H23F3N4O2. The van der Waals surface area contributed by atoms with Crippen molar-refractivity contribution in [2.75, 3.05) is 6.54 Å². The van der Waals surface area contributed by atoms with Crippen LogP contribution in [0.5, 0.6) is 0 Å². The maximum absolute atomic E-state index is 12.9. The van der Waals surface area contributed by atoms with Gasteiger partial charge in [0.1, 0.15) is 0 Å². The van der Waals surface area contributed by atoms with E-state index in [4.69, 9.17) is 0 Å². The highest BCUT2D eigenvalue weighted by Gasteiger charge is 2.35. The van der Waals surface area contributed by atoms with E-state index < -0.39 is 17.7 Å². The Bertz CT molecular complexity index is 1130. The Morgan fingerprint density at radius 1 is 1.06 bits per heavy atom. The van der Waals surface area contributed by atoms with Crippen molar-refractivity contribution in [3.05, 3.63) is 89.2 Å². The lowest BCUT2D eigenvalue weighted by Gasteiger charge is -2.18. The molecule has 4 rings (SSSR count). The predicted molar refractivity (Wildman–Crippen MR) is 115 cm³/mol. The summed E-state index contributed by atoms with van der Waals surface area (Å²) < 4.78 is 40.6. The van der Waals surface area contributed by atoms with Crippen molar-refractivity contribution in [3.8, 4) is 0 Å². The number of benzene rings is 2. The number of likely N-dealkylation sites (tertiary alicyclic amines) is 1. The van der Waals surface area contributed by atoms with Crippen LogP contribution in [-0.4, -0.2) is 33.0 Å². The van der Waals surface area contributed by atoms with Gasteiger partial charge < -0.3 is 10.2 Å². The minimum absolute atomic E-state index is 0.0409. The van der Waals surface area contributed by atoms with Gasteiger partial charge in [-0.1, -0.05) is 36.4 Å². The fourth-order valence-electron chi connectivity index (χ4n) is 3.95. The Hall–Kier alpha value is -3.62. The van der Waals surface area contributed by atoms with Crippen molar-refractivity contribution in [3.63, 3.8) is 0 Å². The van der Waals surface area contributed by atoms with Crippen LogP contribution >= 0.6 is 0 Å². The second kappa shape index (κ2) is 9.48. The van der Waals surface area contributed by atoms with E-state index in [0.717, 1.165) is 23.3 Å². The second-order valence-electron chi connectivity index (χ2n) is 8.06. The summed E-state index contributed by atoms with van der Waals surface area (Å²) in [6.07, 6.45) is -0.841. The topological polar surface area (TPSA) is 67.2 Å². The lowest BCUT2D eigenvalue weighted by molar-refractivity contribution is -0.137. The third kappa shape index (κ3) is 5.60. The highest BCUT2D eigenvalue weighted by molar-refractivity contribution is 5.89. The third-order valence-corrected chi connectivity index (χ3v) is 5.68. The summed E-state index contributed by atoms with van der Waals surface area (Å²) in [5, 5.41) is 7.10. The van der Waals surface area contributed by atoms with Crippen LogP contribution in [0.3, 0.4) is 0 Å². The lowest BCUT2D eigenvalue weighted by Crippen LogP contribution is -2.32. The number of rotatable bonds is 7. The molecule has 1 aliphatic heterocycles. The smallest absolute Gasteiger partial charge is 0.352 e. The summed E-state index contributed by atoms with van der Waals surface area (Å²) in [5.74, 6) is -1.03. The van der Waals surface area contributed by atoms with E-state index in [0.29, 0.717) is 18.7 Å². The van der Waals surface area contributed by atoms with Crippen LogP contribution in [0.1, 0.15) is 28.7 Å². The van der Waals surface area contributed by atoms with Gasteiger partial charge in [0.2, 0.25) is 11.8 Å². The number of hydrogen-bond donors (Lipinski definition) is 1. The molecule has 1 saturated heterocycles. The van der Waals surface area contributed by atoms with Crippen LogP contribution < -0.4 is 5.32 Å². The fourth-order valence-corrected chi connectivity index (χ4v) is 3.95. The first-order valence-electron chi connectivity index (χ1n) is 10.6. The number of alkyl halides is 3. The van der Waals surface area contributed by atoms with Crippen LogP contribution in [0.2, 0.25) is 0 Å². The van der Waals surface area contributed by atoms with Crippen molar-refractivity contribution in [1.82, 2.24) is 20.0 Å². The van der Waals surface area contributed by atoms with E-state index in [2.05, 4.69) is 10.4 Å². The summed E-state index contributed by atoms with van der Waals surface area (Å²) in [4.78, 5) is 26.6. The molecule has 1 atom stereocenters. The number of halogens is 3. The lowest BCUT2D eigenvalue weighted by atomic mass is 10.1. The van der Waals surface area contributed by atoms with Gasteiger partial charge in [-0.15, -0.1) is 0 Å². The van der Waals surface area contributed by atoms with Gasteiger partial charge in [-0.2, -0.15) is 18.3 Å². The van der Waals surface area contributed by atoms with Gasteiger partial charge in [0, 0.05) is 38.4 Å². The van der Waals surface area contributed by atoms with Crippen LogP contribution in [0.15, 0.2) is 67.0 Å². The molecule has 0 saturated carbocycles. The van der Waals surface area contributed by atoms with Gasteiger partial charge >= 0.3 is 6.18 Å². The molecule has 3 aromatic rings. The Morgan fingerprint density at radius 3 is 2.58 bits per heavy atom. The average Bonchev–Trinajstić information content (AvgIpc) is 3.42. The van der Waals surface area contributed by atoms with Crippen LogP contribution in [0, 0.1) is 5.92 Å². The highest BCUT2D eigenvalue weighted by atomic mass is 19.4. The van der Waals surface area contributed by atoms with Crippen LogP contribution in [0.25, 0.3) is 0 Å². The molecule has 2 aromatic carbocycles.